The number of hydrogen-bond donors (Lipinski definition) is 1. The number of aromatic nitrogens is 2. The molecule has 0 bridgehead atoms. The highest BCUT2D eigenvalue weighted by Gasteiger charge is 2.08. The van der Waals surface area contributed by atoms with Gasteiger partial charge in [0, 0.05) is 16.9 Å². The number of rotatable bonds is 3. The van der Waals surface area contributed by atoms with Crippen molar-refractivity contribution in [2.24, 2.45) is 0 Å². The molecule has 0 spiro atoms. The standard InChI is InChI=1S/C11H8BrCl2N3/c12-8-1-2-9(11(14)10(8)13)17-6-7-5-15-3-4-16-7/h1-5,17H,6H2. The molecule has 0 saturated carbocycles. The molecule has 2 rings (SSSR count). The van der Waals surface area contributed by atoms with Crippen LogP contribution in [-0.2, 0) is 6.54 Å². The second kappa shape index (κ2) is 5.67. The van der Waals surface area contributed by atoms with Crippen LogP contribution >= 0.6 is 39.1 Å². The number of anilines is 1. The molecule has 0 fully saturated rings. The normalized spacial score (nSPS) is 10.3. The molecule has 6 heteroatoms. The first-order valence-corrected chi connectivity index (χ1v) is 6.35. The Morgan fingerprint density at radius 1 is 1.18 bits per heavy atom. The van der Waals surface area contributed by atoms with Crippen molar-refractivity contribution >= 4 is 44.8 Å². The molecule has 0 amide bonds. The Hall–Kier alpha value is -0.840. The van der Waals surface area contributed by atoms with E-state index in [4.69, 9.17) is 23.2 Å². The molecule has 0 saturated heterocycles. The monoisotopic (exact) mass is 331 g/mol. The van der Waals surface area contributed by atoms with Gasteiger partial charge in [0.15, 0.2) is 0 Å². The molecule has 0 aliphatic carbocycles. The van der Waals surface area contributed by atoms with Crippen molar-refractivity contribution in [3.63, 3.8) is 0 Å². The smallest absolute Gasteiger partial charge is 0.0835 e. The van der Waals surface area contributed by atoms with Gasteiger partial charge in [0.25, 0.3) is 0 Å². The lowest BCUT2D eigenvalue weighted by Gasteiger charge is -2.09. The van der Waals surface area contributed by atoms with Crippen LogP contribution in [0.1, 0.15) is 5.69 Å². The molecule has 88 valence electrons. The summed E-state index contributed by atoms with van der Waals surface area (Å²) >= 11 is 15.4. The van der Waals surface area contributed by atoms with Gasteiger partial charge in [0.05, 0.1) is 34.2 Å². The molecule has 0 aliphatic rings. The van der Waals surface area contributed by atoms with Crippen LogP contribution in [0.2, 0.25) is 10.0 Å². The largest absolute Gasteiger partial charge is 0.378 e. The van der Waals surface area contributed by atoms with E-state index >= 15 is 0 Å². The summed E-state index contributed by atoms with van der Waals surface area (Å²) in [5.41, 5.74) is 1.60. The van der Waals surface area contributed by atoms with E-state index in [2.05, 4.69) is 31.2 Å². The van der Waals surface area contributed by atoms with Crippen molar-refractivity contribution in [2.45, 2.75) is 6.54 Å². The Morgan fingerprint density at radius 2 is 2.00 bits per heavy atom. The Labute approximate surface area is 117 Å². The summed E-state index contributed by atoms with van der Waals surface area (Å²) < 4.78 is 0.772. The fourth-order valence-electron chi connectivity index (χ4n) is 1.27. The minimum Gasteiger partial charge on any atom is -0.378 e. The molecular formula is C11H8BrCl2N3. The second-order valence-corrected chi connectivity index (χ2v) is 4.88. The van der Waals surface area contributed by atoms with Gasteiger partial charge in [0.1, 0.15) is 0 Å². The zero-order valence-electron chi connectivity index (χ0n) is 8.62. The van der Waals surface area contributed by atoms with Gasteiger partial charge >= 0.3 is 0 Å². The zero-order chi connectivity index (χ0) is 12.3. The summed E-state index contributed by atoms with van der Waals surface area (Å²) in [4.78, 5) is 8.14. The van der Waals surface area contributed by atoms with Crippen LogP contribution in [0.5, 0.6) is 0 Å². The molecule has 3 nitrogen and oxygen atoms in total. The molecule has 0 unspecified atom stereocenters. The van der Waals surface area contributed by atoms with Crippen LogP contribution in [-0.4, -0.2) is 9.97 Å². The molecule has 1 heterocycles. The van der Waals surface area contributed by atoms with Gasteiger partial charge < -0.3 is 5.32 Å². The van der Waals surface area contributed by atoms with E-state index in [-0.39, 0.29) is 0 Å². The lowest BCUT2D eigenvalue weighted by atomic mass is 10.3. The average molecular weight is 333 g/mol. The van der Waals surface area contributed by atoms with Gasteiger partial charge in [-0.1, -0.05) is 23.2 Å². The third-order valence-electron chi connectivity index (χ3n) is 2.11. The zero-order valence-corrected chi connectivity index (χ0v) is 11.7. The van der Waals surface area contributed by atoms with Crippen molar-refractivity contribution < 1.29 is 0 Å². The number of nitrogens with zero attached hydrogens (tertiary/aromatic N) is 2. The first-order chi connectivity index (χ1) is 8.18. The third kappa shape index (κ3) is 3.09. The first-order valence-electron chi connectivity index (χ1n) is 4.80. The minimum atomic E-state index is 0.491. The van der Waals surface area contributed by atoms with Gasteiger partial charge in [-0.15, -0.1) is 0 Å². The van der Waals surface area contributed by atoms with E-state index in [1.54, 1.807) is 18.6 Å². The van der Waals surface area contributed by atoms with Crippen LogP contribution in [0.15, 0.2) is 35.2 Å². The topological polar surface area (TPSA) is 37.8 Å². The van der Waals surface area contributed by atoms with Crippen molar-refractivity contribution in [3.05, 3.63) is 50.9 Å². The minimum absolute atomic E-state index is 0.491. The number of benzene rings is 1. The summed E-state index contributed by atoms with van der Waals surface area (Å²) in [6.45, 7) is 0.547. The van der Waals surface area contributed by atoms with Crippen molar-refractivity contribution in [3.8, 4) is 0 Å². The summed E-state index contributed by atoms with van der Waals surface area (Å²) in [5, 5.41) is 4.14. The molecule has 2 aromatic rings. The third-order valence-corrected chi connectivity index (χ3v) is 3.88. The highest BCUT2D eigenvalue weighted by molar-refractivity contribution is 9.10. The molecule has 0 aliphatic heterocycles. The molecule has 1 aromatic carbocycles. The average Bonchev–Trinajstić information content (AvgIpc) is 2.36. The Bertz CT molecular complexity index is 520. The predicted octanol–water partition coefficient (Wildman–Crippen LogP) is 4.16. The van der Waals surface area contributed by atoms with Crippen molar-refractivity contribution in [1.29, 1.82) is 0 Å². The predicted molar refractivity (Wildman–Crippen MR) is 73.5 cm³/mol. The number of nitrogens with one attached hydrogen (secondary N) is 1. The summed E-state index contributed by atoms with van der Waals surface area (Å²) in [6, 6.07) is 3.70. The van der Waals surface area contributed by atoms with Crippen LogP contribution in [0.25, 0.3) is 0 Å². The van der Waals surface area contributed by atoms with Crippen LogP contribution < -0.4 is 5.32 Å². The fourth-order valence-corrected chi connectivity index (χ4v) is 2.11. The molecule has 0 atom stereocenters. The molecule has 1 aromatic heterocycles. The Morgan fingerprint density at radius 3 is 2.71 bits per heavy atom. The second-order valence-electron chi connectivity index (χ2n) is 3.27. The van der Waals surface area contributed by atoms with Gasteiger partial charge in [-0.3, -0.25) is 9.97 Å². The number of hydrogen-bond acceptors (Lipinski definition) is 3. The lowest BCUT2D eigenvalue weighted by molar-refractivity contribution is 1.01. The highest BCUT2D eigenvalue weighted by atomic mass is 79.9. The Kier molecular flexibility index (Phi) is 4.20. The quantitative estimate of drug-likeness (QED) is 0.858. The maximum atomic E-state index is 6.10. The van der Waals surface area contributed by atoms with E-state index < -0.39 is 0 Å². The Balaban J connectivity index is 2.13. The van der Waals surface area contributed by atoms with E-state index in [0.717, 1.165) is 15.9 Å². The summed E-state index contributed by atoms with van der Waals surface area (Å²) in [7, 11) is 0. The summed E-state index contributed by atoms with van der Waals surface area (Å²) in [5.74, 6) is 0. The highest BCUT2D eigenvalue weighted by Crippen LogP contribution is 2.35. The van der Waals surface area contributed by atoms with Crippen LogP contribution in [0.3, 0.4) is 0 Å². The maximum absolute atomic E-state index is 6.10. The molecule has 0 radical (unpaired) electrons. The molecular weight excluding hydrogens is 325 g/mol. The van der Waals surface area contributed by atoms with Gasteiger partial charge in [0.2, 0.25) is 0 Å². The van der Waals surface area contributed by atoms with E-state index in [9.17, 15) is 0 Å². The summed E-state index contributed by atoms with van der Waals surface area (Å²) in [6.07, 6.45) is 4.97. The van der Waals surface area contributed by atoms with Crippen LogP contribution in [0.4, 0.5) is 5.69 Å². The lowest BCUT2D eigenvalue weighted by Crippen LogP contribution is -2.02. The van der Waals surface area contributed by atoms with Crippen LogP contribution in [0, 0.1) is 0 Å². The van der Waals surface area contributed by atoms with Gasteiger partial charge in [-0.05, 0) is 28.1 Å². The SMILES string of the molecule is Clc1c(Br)ccc(NCc2cnccn2)c1Cl. The van der Waals surface area contributed by atoms with E-state index in [0.29, 0.717) is 16.6 Å². The molecule has 17 heavy (non-hydrogen) atoms. The first kappa shape index (κ1) is 12.6. The van der Waals surface area contributed by atoms with Crippen molar-refractivity contribution in [2.75, 3.05) is 5.32 Å². The fraction of sp³-hybridized carbons (Fsp3) is 0.0909. The van der Waals surface area contributed by atoms with Gasteiger partial charge in [-0.2, -0.15) is 0 Å². The van der Waals surface area contributed by atoms with E-state index in [1.165, 1.54) is 0 Å². The maximum Gasteiger partial charge on any atom is 0.0835 e. The number of halogens is 3. The molecule has 1 N–H and O–H groups in total. The van der Waals surface area contributed by atoms with Crippen molar-refractivity contribution in [1.82, 2.24) is 9.97 Å². The van der Waals surface area contributed by atoms with E-state index in [1.807, 2.05) is 12.1 Å². The van der Waals surface area contributed by atoms with Gasteiger partial charge in [-0.25, -0.2) is 0 Å².